The molecule has 0 heterocycles. The molecular formula is C43H76N8O27. The van der Waals surface area contributed by atoms with Gasteiger partial charge in [-0.2, -0.15) is 0 Å². The fourth-order valence-electron chi connectivity index (χ4n) is 6.57. The summed E-state index contributed by atoms with van der Waals surface area (Å²) in [6, 6.07) is -8.90. The minimum atomic E-state index is -2.12. The molecule has 450 valence electrons. The second-order valence-electron chi connectivity index (χ2n) is 17.8. The van der Waals surface area contributed by atoms with Gasteiger partial charge >= 0.3 is 11.9 Å². The van der Waals surface area contributed by atoms with Gasteiger partial charge in [0.2, 0.25) is 41.4 Å². The maximum Gasteiger partial charge on any atom is 0.303 e. The van der Waals surface area contributed by atoms with Crippen molar-refractivity contribution >= 4 is 59.6 Å². The maximum absolute atomic E-state index is 14.0. The Bertz CT molecular complexity index is 1910. The summed E-state index contributed by atoms with van der Waals surface area (Å²) in [4.78, 5) is 127. The van der Waals surface area contributed by atoms with Crippen LogP contribution in [0.1, 0.15) is 64.2 Å². The van der Waals surface area contributed by atoms with Crippen LogP contribution in [0.4, 0.5) is 0 Å². The molecule has 0 aromatic rings. The highest BCUT2D eigenvalue weighted by atomic mass is 16.4. The number of nitrogens with two attached hydrogens (primary N) is 1. The van der Waals surface area contributed by atoms with E-state index >= 15 is 0 Å². The third kappa shape index (κ3) is 27.7. The summed E-state index contributed by atoms with van der Waals surface area (Å²) >= 11 is 0. The van der Waals surface area contributed by atoms with E-state index in [4.69, 9.17) is 21.1 Å². The Labute approximate surface area is 443 Å². The van der Waals surface area contributed by atoms with E-state index in [1.165, 1.54) is 0 Å². The number of hydrogen-bond donors (Lipinski definition) is 25. The summed E-state index contributed by atoms with van der Waals surface area (Å²) in [7, 11) is 0. The van der Waals surface area contributed by atoms with Gasteiger partial charge in [-0.3, -0.25) is 43.2 Å². The molecule has 0 radical (unpaired) electrons. The van der Waals surface area contributed by atoms with Crippen molar-refractivity contribution in [3.05, 3.63) is 0 Å². The SMILES string of the molecule is N[C@@H](CCC(=O)NC[C@H](O)[C@@H](O)[C@H](O)[C@H](O)CO)C(=O)N[C@H](CCC(=O)O)C(=O)N[C@@H](CCC(=O)NC[C@H](O)[C@@H](O)[C@H](O)[C@H](O)CO)C(=O)N[C@H](CCC(=O)O)C(=O)N[C@H](C=O)CCC(=O)NC[C@H](O)[C@@H](O)[C@H](O)[C@H](O)CO. The summed E-state index contributed by atoms with van der Waals surface area (Å²) in [5.41, 5.74) is 5.91. The van der Waals surface area contributed by atoms with E-state index in [0.29, 0.717) is 0 Å². The van der Waals surface area contributed by atoms with Crippen LogP contribution < -0.4 is 43.0 Å². The Kier molecular flexibility index (Phi) is 35.2. The topological polar surface area (TPSA) is 625 Å². The van der Waals surface area contributed by atoms with Crippen molar-refractivity contribution in [1.82, 2.24) is 37.2 Å². The molecule has 17 atom stereocenters. The van der Waals surface area contributed by atoms with Gasteiger partial charge in [-0.05, 0) is 32.1 Å². The van der Waals surface area contributed by atoms with E-state index < -0.39 is 260 Å². The zero-order valence-corrected chi connectivity index (χ0v) is 42.0. The zero-order valence-electron chi connectivity index (χ0n) is 42.0. The lowest BCUT2D eigenvalue weighted by atomic mass is 10.0. The molecule has 0 bridgehead atoms. The summed E-state index contributed by atoms with van der Waals surface area (Å²) in [5.74, 6) is -10.9. The van der Waals surface area contributed by atoms with E-state index in [9.17, 15) is 119 Å². The van der Waals surface area contributed by atoms with Crippen LogP contribution in [-0.4, -0.2) is 289 Å². The van der Waals surface area contributed by atoms with E-state index in [2.05, 4.69) is 37.2 Å². The van der Waals surface area contributed by atoms with Crippen LogP contribution in [-0.2, 0) is 47.9 Å². The van der Waals surface area contributed by atoms with Crippen molar-refractivity contribution in [3.63, 3.8) is 0 Å². The molecule has 35 heteroatoms. The number of aliphatic hydroxyl groups is 15. The van der Waals surface area contributed by atoms with Gasteiger partial charge in [-0.25, -0.2) is 0 Å². The van der Waals surface area contributed by atoms with Crippen molar-refractivity contribution in [2.75, 3.05) is 39.5 Å². The number of aliphatic carboxylic acids is 2. The van der Waals surface area contributed by atoms with Gasteiger partial charge in [-0.1, -0.05) is 0 Å². The monoisotopic (exact) mass is 1140 g/mol. The molecule has 0 aliphatic heterocycles. The summed E-state index contributed by atoms with van der Waals surface area (Å²) in [5, 5.41) is 179. The highest BCUT2D eigenvalue weighted by Crippen LogP contribution is 2.11. The van der Waals surface area contributed by atoms with Gasteiger partial charge in [-0.15, -0.1) is 0 Å². The summed E-state index contributed by atoms with van der Waals surface area (Å²) in [6.45, 7) is -5.21. The second kappa shape index (κ2) is 38.0. The number of aldehydes is 1. The maximum atomic E-state index is 14.0. The normalized spacial score (nSPS) is 18.1. The van der Waals surface area contributed by atoms with Crippen LogP contribution in [0.5, 0.6) is 0 Å². The van der Waals surface area contributed by atoms with Gasteiger partial charge in [0, 0.05) is 51.7 Å². The lowest BCUT2D eigenvalue weighted by molar-refractivity contribution is -0.138. The van der Waals surface area contributed by atoms with E-state index in [1.54, 1.807) is 0 Å². The van der Waals surface area contributed by atoms with Crippen molar-refractivity contribution in [1.29, 1.82) is 0 Å². The first-order valence-electron chi connectivity index (χ1n) is 24.1. The van der Waals surface area contributed by atoms with Crippen molar-refractivity contribution in [2.24, 2.45) is 5.73 Å². The average Bonchev–Trinajstić information content (AvgIpc) is 3.41. The van der Waals surface area contributed by atoms with Crippen LogP contribution >= 0.6 is 0 Å². The Morgan fingerprint density at radius 3 is 0.949 bits per heavy atom. The third-order valence-corrected chi connectivity index (χ3v) is 11.5. The average molecular weight is 1140 g/mol. The third-order valence-electron chi connectivity index (χ3n) is 11.5. The Balaban J connectivity index is 6.46. The second-order valence-corrected chi connectivity index (χ2v) is 17.8. The molecule has 0 unspecified atom stereocenters. The van der Waals surface area contributed by atoms with Crippen LogP contribution in [0.2, 0.25) is 0 Å². The molecule has 0 aromatic carbocycles. The standard InChI is InChI=1S/C43H76N8O27/c44-19(2-7-30(63)46-12-24(57)35(70)38(73)27(60)16-54)40(75)49-22(5-10-33(67)68)43(78)50-20(3-8-31(64)47-13-25(58)36(71)39(74)28(61)17-55)42(77)51-21(4-9-32(65)66)41(76)48-18(14-52)1-6-29(62)45-11-23(56)34(69)37(72)26(59)15-53/h14,18-28,34-39,53-61,69-74H,1-13,15-17,44H2,(H,45,62)(H,46,63)(H,47,64)(H,48,76)(H,49,75)(H,50,78)(H,51,77)(H,65,66)(H,67,68)/t18-,19-,20-,21+,22+,23-,24-,25-,26+,27+,28+,34+,35+,36+,37+,38+,39+/m0/s1. The van der Waals surface area contributed by atoms with Gasteiger partial charge in [0.25, 0.3) is 0 Å². The van der Waals surface area contributed by atoms with Gasteiger partial charge in [0.15, 0.2) is 0 Å². The van der Waals surface area contributed by atoms with Crippen molar-refractivity contribution in [3.8, 4) is 0 Å². The molecule has 35 nitrogen and oxygen atoms in total. The van der Waals surface area contributed by atoms with Crippen molar-refractivity contribution < 1.29 is 135 Å². The lowest BCUT2D eigenvalue weighted by Crippen LogP contribution is -2.58. The van der Waals surface area contributed by atoms with Gasteiger partial charge in [0.1, 0.15) is 79.3 Å². The molecule has 7 amide bonds. The van der Waals surface area contributed by atoms with E-state index in [0.717, 1.165) is 0 Å². The Hall–Kier alpha value is -5.74. The van der Waals surface area contributed by atoms with Crippen LogP contribution in [0.15, 0.2) is 0 Å². The molecule has 0 aromatic heterocycles. The Morgan fingerprint density at radius 1 is 0.372 bits per heavy atom. The minimum absolute atomic E-state index is 0.146. The number of amides is 7. The van der Waals surface area contributed by atoms with Gasteiger partial charge in [0.05, 0.1) is 50.2 Å². The number of nitrogens with one attached hydrogen (secondary N) is 7. The van der Waals surface area contributed by atoms with Gasteiger partial charge < -0.3 is 135 Å². The molecule has 26 N–H and O–H groups in total. The molecule has 0 aliphatic rings. The van der Waals surface area contributed by atoms with Crippen LogP contribution in [0, 0.1) is 0 Å². The molecule has 0 rings (SSSR count). The van der Waals surface area contributed by atoms with E-state index in [1.807, 2.05) is 0 Å². The number of carboxylic acids is 2. The first-order chi connectivity index (χ1) is 36.4. The number of carboxylic acid groups (broad SMARTS) is 2. The quantitative estimate of drug-likeness (QED) is 0.0252. The first-order valence-corrected chi connectivity index (χ1v) is 24.1. The lowest BCUT2D eigenvalue weighted by Gasteiger charge is -2.27. The van der Waals surface area contributed by atoms with Crippen LogP contribution in [0.3, 0.4) is 0 Å². The highest BCUT2D eigenvalue weighted by molar-refractivity contribution is 5.96. The summed E-state index contributed by atoms with van der Waals surface area (Å²) in [6.07, 6.45) is -30.2. The molecule has 0 saturated heterocycles. The number of hydrogen-bond acceptors (Lipinski definition) is 26. The van der Waals surface area contributed by atoms with E-state index in [-0.39, 0.29) is 6.29 Å². The summed E-state index contributed by atoms with van der Waals surface area (Å²) < 4.78 is 0. The first kappa shape index (κ1) is 72.3. The predicted octanol–water partition coefficient (Wildman–Crippen LogP) is -13.8. The Morgan fingerprint density at radius 2 is 0.641 bits per heavy atom. The number of carbonyl (C=O) groups excluding carboxylic acids is 8. The van der Waals surface area contributed by atoms with Crippen molar-refractivity contribution in [2.45, 2.75) is 168 Å². The molecule has 0 fully saturated rings. The molecular weight excluding hydrogens is 1060 g/mol. The predicted molar refractivity (Wildman–Crippen MR) is 256 cm³/mol. The molecule has 0 saturated carbocycles. The largest absolute Gasteiger partial charge is 0.481 e. The number of rotatable bonds is 42. The fourth-order valence-corrected chi connectivity index (χ4v) is 6.57. The molecule has 0 spiro atoms. The number of carbonyl (C=O) groups is 10. The van der Waals surface area contributed by atoms with Crippen LogP contribution in [0.25, 0.3) is 0 Å². The smallest absolute Gasteiger partial charge is 0.303 e. The zero-order chi connectivity index (χ0) is 60.0. The fraction of sp³-hybridized carbons (Fsp3) is 0.767. The minimum Gasteiger partial charge on any atom is -0.481 e. The molecule has 78 heavy (non-hydrogen) atoms. The number of aliphatic hydroxyl groups excluding tert-OH is 15. The molecule has 0 aliphatic carbocycles. The highest BCUT2D eigenvalue weighted by Gasteiger charge is 2.35.